The summed E-state index contributed by atoms with van der Waals surface area (Å²) in [7, 11) is -4.33. The van der Waals surface area contributed by atoms with E-state index in [1.165, 1.54) is 0 Å². The van der Waals surface area contributed by atoms with Crippen LogP contribution in [0.25, 0.3) is 0 Å². The fraction of sp³-hybridized carbons (Fsp3) is 0.750. The van der Waals surface area contributed by atoms with Crippen LogP contribution >= 0.6 is 0 Å². The molecule has 1 heterocycles. The van der Waals surface area contributed by atoms with Crippen LogP contribution in [0.1, 0.15) is 32.6 Å². The number of hydrogen-bond donors (Lipinski definition) is 3. The third-order valence-electron chi connectivity index (χ3n) is 4.17. The van der Waals surface area contributed by atoms with Gasteiger partial charge in [0.15, 0.2) is 0 Å². The van der Waals surface area contributed by atoms with Crippen LogP contribution in [0, 0.1) is 0 Å². The van der Waals surface area contributed by atoms with Gasteiger partial charge < -0.3 is 10.2 Å². The summed E-state index contributed by atoms with van der Waals surface area (Å²) in [5, 5.41) is 19.4. The molecule has 0 amide bonds. The normalized spacial score (nSPS) is 22.3. The van der Waals surface area contributed by atoms with E-state index in [1.807, 2.05) is 6.08 Å². The number of carbonyl (C=O) groups excluding carboxylic acids is 1. The highest BCUT2D eigenvalue weighted by Crippen LogP contribution is 2.19. The van der Waals surface area contributed by atoms with Crippen LogP contribution in [0.15, 0.2) is 17.1 Å². The van der Waals surface area contributed by atoms with Crippen LogP contribution in [-0.4, -0.2) is 83.9 Å². The number of Topliss-reactive ketones (excluding diaryl/α,β-unsaturated/α-hetero) is 1. The molecule has 1 rings (SSSR count). The number of nitrogens with zero attached hydrogens (tertiary/aromatic N) is 2. The third kappa shape index (κ3) is 7.33. The number of carbonyl (C=O) groups is 1. The Labute approximate surface area is 149 Å². The number of amidine groups is 1. The molecule has 1 aliphatic heterocycles. The van der Waals surface area contributed by atoms with Crippen LogP contribution in [0.3, 0.4) is 0 Å². The molecule has 9 heteroatoms. The van der Waals surface area contributed by atoms with Gasteiger partial charge in [-0.2, -0.15) is 8.42 Å². The summed E-state index contributed by atoms with van der Waals surface area (Å²) in [5.74, 6) is -0.752. The van der Waals surface area contributed by atoms with Crippen LogP contribution < -0.4 is 0 Å². The first-order valence-corrected chi connectivity index (χ1v) is 10.2. The molecule has 0 aromatic carbocycles. The Morgan fingerprint density at radius 2 is 2.12 bits per heavy atom. The van der Waals surface area contributed by atoms with Crippen molar-refractivity contribution in [3.8, 4) is 0 Å². The number of aliphatic hydroxyl groups is 2. The first-order chi connectivity index (χ1) is 11.7. The molecular formula is C16H29N2O6S+. The van der Waals surface area contributed by atoms with Crippen molar-refractivity contribution in [2.45, 2.75) is 38.7 Å². The van der Waals surface area contributed by atoms with Crippen molar-refractivity contribution in [1.82, 2.24) is 0 Å². The van der Waals surface area contributed by atoms with Gasteiger partial charge in [0.2, 0.25) is 5.78 Å². The summed E-state index contributed by atoms with van der Waals surface area (Å²) < 4.78 is 30.7. The zero-order valence-corrected chi connectivity index (χ0v) is 15.5. The zero-order chi connectivity index (χ0) is 18.9. The summed E-state index contributed by atoms with van der Waals surface area (Å²) in [6, 6.07) is 0. The van der Waals surface area contributed by atoms with Crippen molar-refractivity contribution in [3.63, 3.8) is 0 Å². The van der Waals surface area contributed by atoms with E-state index in [1.54, 1.807) is 6.08 Å². The SMILES string of the molecule is CCCC/C=C/CC(=O)C1=NCC[N+]1(CCO)CC(O)CS(=O)(=O)O. The topological polar surface area (TPSA) is 124 Å². The molecule has 0 bridgehead atoms. The van der Waals surface area contributed by atoms with E-state index in [-0.39, 0.29) is 42.2 Å². The minimum Gasteiger partial charge on any atom is -0.390 e. The lowest BCUT2D eigenvalue weighted by Crippen LogP contribution is -2.59. The van der Waals surface area contributed by atoms with E-state index in [0.29, 0.717) is 13.1 Å². The second-order valence-corrected chi connectivity index (χ2v) is 7.84. The van der Waals surface area contributed by atoms with Gasteiger partial charge in [-0.15, -0.1) is 0 Å². The Morgan fingerprint density at radius 3 is 2.72 bits per heavy atom. The van der Waals surface area contributed by atoms with Crippen molar-refractivity contribution < 1.29 is 32.5 Å². The van der Waals surface area contributed by atoms with Gasteiger partial charge in [-0.25, -0.2) is 4.99 Å². The summed E-state index contributed by atoms with van der Waals surface area (Å²) in [6.07, 6.45) is 5.61. The largest absolute Gasteiger partial charge is 0.390 e. The molecule has 144 valence electrons. The molecule has 3 N–H and O–H groups in total. The van der Waals surface area contributed by atoms with Crippen molar-refractivity contribution in [2.24, 2.45) is 4.99 Å². The van der Waals surface area contributed by atoms with Gasteiger partial charge >= 0.3 is 0 Å². The standard InChI is InChI=1S/C16H28N2O6S/c1-2-3-4-5-6-7-15(21)16-17-8-9-18(16,10-11-19)12-14(20)13-25(22,23)24/h5-6,14,19-20H,2-4,7-13H2,1H3/p+1/b6-5+. The summed E-state index contributed by atoms with van der Waals surface area (Å²) in [6.45, 7) is 2.71. The second kappa shape index (κ2) is 10.1. The zero-order valence-electron chi connectivity index (χ0n) is 14.7. The Balaban J connectivity index is 2.81. The highest BCUT2D eigenvalue weighted by molar-refractivity contribution is 7.85. The van der Waals surface area contributed by atoms with Gasteiger partial charge in [-0.05, 0) is 6.42 Å². The predicted molar refractivity (Wildman–Crippen MR) is 95.0 cm³/mol. The van der Waals surface area contributed by atoms with Crippen LogP contribution in [0.2, 0.25) is 0 Å². The number of aliphatic hydroxyl groups excluding tert-OH is 2. The maximum absolute atomic E-state index is 12.5. The molecule has 8 nitrogen and oxygen atoms in total. The maximum atomic E-state index is 12.5. The molecule has 0 spiro atoms. The minimum atomic E-state index is -4.33. The molecule has 0 aromatic heterocycles. The summed E-state index contributed by atoms with van der Waals surface area (Å²) in [5.41, 5.74) is 0. The molecule has 0 saturated carbocycles. The Bertz CT molecular complexity index is 602. The molecule has 1 aliphatic rings. The van der Waals surface area contributed by atoms with E-state index >= 15 is 0 Å². The fourth-order valence-corrected chi connectivity index (χ4v) is 3.65. The summed E-state index contributed by atoms with van der Waals surface area (Å²) in [4.78, 5) is 16.8. The predicted octanol–water partition coefficient (Wildman–Crippen LogP) is 0.162. The molecule has 0 fully saturated rings. The lowest BCUT2D eigenvalue weighted by molar-refractivity contribution is -0.837. The van der Waals surface area contributed by atoms with E-state index in [0.717, 1.165) is 19.3 Å². The molecule has 0 saturated heterocycles. The van der Waals surface area contributed by atoms with Crippen LogP contribution in [0.5, 0.6) is 0 Å². The fourth-order valence-electron chi connectivity index (χ4n) is 3.05. The van der Waals surface area contributed by atoms with E-state index < -0.39 is 22.0 Å². The van der Waals surface area contributed by atoms with Crippen molar-refractivity contribution in [2.75, 3.05) is 38.5 Å². The highest BCUT2D eigenvalue weighted by Gasteiger charge is 2.43. The number of unbranched alkanes of at least 4 members (excludes halogenated alkanes) is 2. The molecular weight excluding hydrogens is 348 g/mol. The molecule has 0 aromatic rings. The monoisotopic (exact) mass is 377 g/mol. The van der Waals surface area contributed by atoms with Gasteiger partial charge in [-0.1, -0.05) is 31.9 Å². The van der Waals surface area contributed by atoms with Crippen molar-refractivity contribution in [3.05, 3.63) is 12.2 Å². The lowest BCUT2D eigenvalue weighted by Gasteiger charge is -2.34. The lowest BCUT2D eigenvalue weighted by atomic mass is 10.1. The number of hydrogen-bond acceptors (Lipinski definition) is 6. The van der Waals surface area contributed by atoms with E-state index in [2.05, 4.69) is 11.9 Å². The number of rotatable bonds is 12. The van der Waals surface area contributed by atoms with E-state index in [4.69, 9.17) is 4.55 Å². The average molecular weight is 377 g/mol. The molecule has 0 aliphatic carbocycles. The molecule has 0 radical (unpaired) electrons. The highest BCUT2D eigenvalue weighted by atomic mass is 32.2. The number of quaternary nitrogens is 1. The number of ketones is 1. The third-order valence-corrected chi connectivity index (χ3v) is 4.98. The smallest absolute Gasteiger partial charge is 0.267 e. The van der Waals surface area contributed by atoms with Gasteiger partial charge in [0.1, 0.15) is 31.5 Å². The average Bonchev–Trinajstić information content (AvgIpc) is 2.88. The van der Waals surface area contributed by atoms with Crippen LogP contribution in [0.4, 0.5) is 0 Å². The van der Waals surface area contributed by atoms with Crippen LogP contribution in [-0.2, 0) is 14.9 Å². The molecule has 2 unspecified atom stereocenters. The van der Waals surface area contributed by atoms with E-state index in [9.17, 15) is 23.4 Å². The Morgan fingerprint density at radius 1 is 1.40 bits per heavy atom. The minimum absolute atomic E-state index is 0.0607. The first kappa shape index (κ1) is 21.9. The Hall–Kier alpha value is -1.13. The number of aliphatic imine (C=N–C) groups is 1. The Kier molecular flexibility index (Phi) is 8.87. The van der Waals surface area contributed by atoms with Gasteiger partial charge in [0.25, 0.3) is 16.0 Å². The van der Waals surface area contributed by atoms with Gasteiger partial charge in [-0.3, -0.25) is 13.8 Å². The van der Waals surface area contributed by atoms with Crippen molar-refractivity contribution >= 4 is 21.7 Å². The van der Waals surface area contributed by atoms with Crippen molar-refractivity contribution in [1.29, 1.82) is 0 Å². The van der Waals surface area contributed by atoms with Gasteiger partial charge in [0.05, 0.1) is 13.2 Å². The van der Waals surface area contributed by atoms with Gasteiger partial charge in [0, 0.05) is 6.42 Å². The summed E-state index contributed by atoms with van der Waals surface area (Å²) >= 11 is 0. The molecule has 25 heavy (non-hydrogen) atoms. The second-order valence-electron chi connectivity index (χ2n) is 6.35. The molecule has 2 atom stereocenters. The first-order valence-electron chi connectivity index (χ1n) is 8.57. The number of allylic oxidation sites excluding steroid dienone is 2. The quantitative estimate of drug-likeness (QED) is 0.193. The maximum Gasteiger partial charge on any atom is 0.267 e.